The predicted molar refractivity (Wildman–Crippen MR) is 99.6 cm³/mol. The molecule has 3 rings (SSSR count). The van der Waals surface area contributed by atoms with Gasteiger partial charge in [-0.1, -0.05) is 17.7 Å². The van der Waals surface area contributed by atoms with Gasteiger partial charge in [-0.15, -0.1) is 5.10 Å². The lowest BCUT2D eigenvalue weighted by Crippen LogP contribution is -2.42. The van der Waals surface area contributed by atoms with Gasteiger partial charge >= 0.3 is 0 Å². The largest absolute Gasteiger partial charge is 0.363 e. The minimum absolute atomic E-state index is 0.173. The standard InChI is InChI=1S/C19H21ClFN5/c1-12-13(2)24-25-19(17(12)9-22)23-16-4-3-7-26(11-16)10-14-5-6-15(21)8-18(14)20/h5-6,8,16H,3-4,7,10-11H2,1-2H3,(H,23,25). The van der Waals surface area contributed by atoms with Crippen LogP contribution < -0.4 is 5.32 Å². The molecule has 1 unspecified atom stereocenters. The molecule has 1 N–H and O–H groups in total. The Bertz CT molecular complexity index is 849. The van der Waals surface area contributed by atoms with E-state index in [0.29, 0.717) is 22.9 Å². The average Bonchev–Trinajstić information content (AvgIpc) is 2.61. The van der Waals surface area contributed by atoms with Crippen molar-refractivity contribution in [2.75, 3.05) is 18.4 Å². The smallest absolute Gasteiger partial charge is 0.167 e. The fraction of sp³-hybridized carbons (Fsp3) is 0.421. The number of nitrogens with one attached hydrogen (secondary N) is 1. The van der Waals surface area contributed by atoms with Crippen molar-refractivity contribution in [3.63, 3.8) is 0 Å². The van der Waals surface area contributed by atoms with Crippen LogP contribution >= 0.6 is 11.6 Å². The van der Waals surface area contributed by atoms with Crippen molar-refractivity contribution < 1.29 is 4.39 Å². The summed E-state index contributed by atoms with van der Waals surface area (Å²) in [4.78, 5) is 2.28. The first-order valence-electron chi connectivity index (χ1n) is 8.64. The van der Waals surface area contributed by atoms with Crippen LogP contribution in [0.2, 0.25) is 5.02 Å². The molecule has 0 spiro atoms. The van der Waals surface area contributed by atoms with E-state index in [-0.39, 0.29) is 11.9 Å². The Morgan fingerprint density at radius 2 is 2.19 bits per heavy atom. The molecule has 1 atom stereocenters. The van der Waals surface area contributed by atoms with Crippen LogP contribution in [0.4, 0.5) is 10.2 Å². The summed E-state index contributed by atoms with van der Waals surface area (Å²) < 4.78 is 13.2. The number of rotatable bonds is 4. The third-order valence-corrected chi connectivity index (χ3v) is 5.17. The highest BCUT2D eigenvalue weighted by Gasteiger charge is 2.22. The van der Waals surface area contributed by atoms with Crippen LogP contribution in [-0.2, 0) is 6.54 Å². The summed E-state index contributed by atoms with van der Waals surface area (Å²) in [6, 6.07) is 6.92. The number of likely N-dealkylation sites (tertiary alicyclic amines) is 1. The third kappa shape index (κ3) is 4.12. The first-order chi connectivity index (χ1) is 12.5. The zero-order chi connectivity index (χ0) is 18.7. The second-order valence-corrected chi connectivity index (χ2v) is 7.11. The van der Waals surface area contributed by atoms with Gasteiger partial charge in [-0.2, -0.15) is 10.4 Å². The summed E-state index contributed by atoms with van der Waals surface area (Å²) in [5.41, 5.74) is 3.09. The molecule has 1 aromatic carbocycles. The van der Waals surface area contributed by atoms with Gasteiger partial charge in [-0.05, 0) is 56.5 Å². The van der Waals surface area contributed by atoms with Gasteiger partial charge < -0.3 is 5.32 Å². The van der Waals surface area contributed by atoms with E-state index >= 15 is 0 Å². The van der Waals surface area contributed by atoms with E-state index in [2.05, 4.69) is 26.5 Å². The molecule has 1 aliphatic rings. The molecule has 0 saturated carbocycles. The van der Waals surface area contributed by atoms with Crippen molar-refractivity contribution >= 4 is 17.4 Å². The zero-order valence-corrected chi connectivity index (χ0v) is 15.6. The average molecular weight is 374 g/mol. The van der Waals surface area contributed by atoms with Crippen LogP contribution in [-0.4, -0.2) is 34.2 Å². The summed E-state index contributed by atoms with van der Waals surface area (Å²) in [6.07, 6.45) is 2.02. The van der Waals surface area contributed by atoms with E-state index in [4.69, 9.17) is 11.6 Å². The lowest BCUT2D eigenvalue weighted by Gasteiger charge is -2.33. The molecular weight excluding hydrogens is 353 g/mol. The van der Waals surface area contributed by atoms with Gasteiger partial charge in [-0.25, -0.2) is 4.39 Å². The summed E-state index contributed by atoms with van der Waals surface area (Å²) in [5, 5.41) is 21.6. The summed E-state index contributed by atoms with van der Waals surface area (Å²) in [5.74, 6) is 0.219. The van der Waals surface area contributed by atoms with Gasteiger partial charge in [0.1, 0.15) is 17.4 Å². The molecule has 5 nitrogen and oxygen atoms in total. The first kappa shape index (κ1) is 18.6. The van der Waals surface area contributed by atoms with Crippen molar-refractivity contribution in [2.24, 2.45) is 0 Å². The summed E-state index contributed by atoms with van der Waals surface area (Å²) in [6.45, 7) is 6.16. The highest BCUT2D eigenvalue weighted by Crippen LogP contribution is 2.23. The number of aromatic nitrogens is 2. The minimum Gasteiger partial charge on any atom is -0.363 e. The number of aryl methyl sites for hydroxylation is 1. The Kier molecular flexibility index (Phi) is 5.70. The van der Waals surface area contributed by atoms with Gasteiger partial charge in [0.25, 0.3) is 0 Å². The van der Waals surface area contributed by atoms with Crippen molar-refractivity contribution in [3.05, 3.63) is 51.4 Å². The fourth-order valence-corrected chi connectivity index (χ4v) is 3.47. The first-order valence-corrected chi connectivity index (χ1v) is 9.02. The number of halogens is 2. The molecular formula is C19H21ClFN5. The molecule has 0 radical (unpaired) electrons. The Labute approximate surface area is 157 Å². The fourth-order valence-electron chi connectivity index (χ4n) is 3.25. The molecule has 26 heavy (non-hydrogen) atoms. The molecule has 136 valence electrons. The summed E-state index contributed by atoms with van der Waals surface area (Å²) in [7, 11) is 0. The van der Waals surface area contributed by atoms with Gasteiger partial charge in [-0.3, -0.25) is 4.90 Å². The second kappa shape index (κ2) is 7.98. The number of nitrogens with zero attached hydrogens (tertiary/aromatic N) is 4. The van der Waals surface area contributed by atoms with E-state index in [1.54, 1.807) is 6.07 Å². The van der Waals surface area contributed by atoms with Crippen LogP contribution in [0.15, 0.2) is 18.2 Å². The molecule has 0 aliphatic carbocycles. The highest BCUT2D eigenvalue weighted by atomic mass is 35.5. The van der Waals surface area contributed by atoms with Crippen LogP contribution in [0, 0.1) is 31.0 Å². The Hall–Kier alpha value is -2.23. The number of nitriles is 1. The van der Waals surface area contributed by atoms with E-state index in [1.165, 1.54) is 12.1 Å². The molecule has 2 heterocycles. The van der Waals surface area contributed by atoms with Crippen molar-refractivity contribution in [1.82, 2.24) is 15.1 Å². The molecule has 0 amide bonds. The van der Waals surface area contributed by atoms with Crippen LogP contribution in [0.1, 0.15) is 35.2 Å². The van der Waals surface area contributed by atoms with Gasteiger partial charge in [0.2, 0.25) is 0 Å². The Morgan fingerprint density at radius 3 is 2.92 bits per heavy atom. The van der Waals surface area contributed by atoms with Crippen molar-refractivity contribution in [1.29, 1.82) is 5.26 Å². The van der Waals surface area contributed by atoms with E-state index < -0.39 is 0 Å². The maximum absolute atomic E-state index is 13.2. The van der Waals surface area contributed by atoms with Gasteiger partial charge in [0.05, 0.1) is 5.69 Å². The van der Waals surface area contributed by atoms with E-state index in [1.807, 2.05) is 13.8 Å². The van der Waals surface area contributed by atoms with Crippen LogP contribution in [0.5, 0.6) is 0 Å². The maximum Gasteiger partial charge on any atom is 0.167 e. The molecule has 7 heteroatoms. The van der Waals surface area contributed by atoms with Crippen LogP contribution in [0.3, 0.4) is 0 Å². The number of hydrogen-bond donors (Lipinski definition) is 1. The van der Waals surface area contributed by atoms with Crippen molar-refractivity contribution in [2.45, 2.75) is 39.3 Å². The number of anilines is 1. The monoisotopic (exact) mass is 373 g/mol. The Balaban J connectivity index is 1.69. The topological polar surface area (TPSA) is 64.8 Å². The maximum atomic E-state index is 13.2. The van der Waals surface area contributed by atoms with Gasteiger partial charge in [0.15, 0.2) is 5.82 Å². The lowest BCUT2D eigenvalue weighted by atomic mass is 10.0. The minimum atomic E-state index is -0.325. The Morgan fingerprint density at radius 1 is 1.38 bits per heavy atom. The lowest BCUT2D eigenvalue weighted by molar-refractivity contribution is 0.208. The molecule has 0 bridgehead atoms. The predicted octanol–water partition coefficient (Wildman–Crippen LogP) is 3.83. The van der Waals surface area contributed by atoms with Gasteiger partial charge in [0, 0.05) is 24.2 Å². The van der Waals surface area contributed by atoms with Crippen LogP contribution in [0.25, 0.3) is 0 Å². The number of hydrogen-bond acceptors (Lipinski definition) is 5. The van der Waals surface area contributed by atoms with Crippen molar-refractivity contribution in [3.8, 4) is 6.07 Å². The molecule has 1 aromatic heterocycles. The second-order valence-electron chi connectivity index (χ2n) is 6.70. The molecule has 1 fully saturated rings. The quantitative estimate of drug-likeness (QED) is 0.882. The van der Waals surface area contributed by atoms with E-state index in [0.717, 1.165) is 42.8 Å². The number of benzene rings is 1. The third-order valence-electron chi connectivity index (χ3n) is 4.82. The van der Waals surface area contributed by atoms with E-state index in [9.17, 15) is 9.65 Å². The zero-order valence-electron chi connectivity index (χ0n) is 14.9. The SMILES string of the molecule is Cc1nnc(NC2CCCN(Cc3ccc(F)cc3Cl)C2)c(C#N)c1C. The number of piperidine rings is 1. The molecule has 2 aromatic rings. The molecule has 1 aliphatic heterocycles. The molecule has 1 saturated heterocycles. The normalized spacial score (nSPS) is 17.7. The summed E-state index contributed by atoms with van der Waals surface area (Å²) >= 11 is 6.15. The highest BCUT2D eigenvalue weighted by molar-refractivity contribution is 6.31.